The van der Waals surface area contributed by atoms with E-state index in [0.29, 0.717) is 17.1 Å². The van der Waals surface area contributed by atoms with Crippen molar-refractivity contribution in [2.45, 2.75) is 57.2 Å². The molecule has 3 aliphatic rings. The number of halogens is 1. The fourth-order valence-corrected chi connectivity index (χ4v) is 7.82. The first-order valence-corrected chi connectivity index (χ1v) is 17.0. The van der Waals surface area contributed by atoms with Crippen molar-refractivity contribution < 1.29 is 4.74 Å². The molecule has 0 bridgehead atoms. The van der Waals surface area contributed by atoms with Gasteiger partial charge < -0.3 is 30.3 Å². The third-order valence-electron chi connectivity index (χ3n) is 10.1. The second-order valence-electron chi connectivity index (χ2n) is 12.9. The van der Waals surface area contributed by atoms with E-state index in [1.165, 1.54) is 30.5 Å². The third kappa shape index (κ3) is 4.68. The van der Waals surface area contributed by atoms with Gasteiger partial charge in [0.2, 0.25) is 0 Å². The van der Waals surface area contributed by atoms with Crippen molar-refractivity contribution in [2.24, 2.45) is 0 Å². The van der Waals surface area contributed by atoms with Crippen LogP contribution in [0.25, 0.3) is 44.7 Å². The summed E-state index contributed by atoms with van der Waals surface area (Å²) in [4.78, 5) is 15.9. The Balaban J connectivity index is 1.15. The predicted octanol–water partition coefficient (Wildman–Crippen LogP) is 8.77. The van der Waals surface area contributed by atoms with Gasteiger partial charge in [-0.1, -0.05) is 42.8 Å². The topological polar surface area (TPSA) is 93.5 Å². The van der Waals surface area contributed by atoms with E-state index in [9.17, 15) is 0 Å². The van der Waals surface area contributed by atoms with Crippen LogP contribution in [0.5, 0.6) is 5.75 Å². The largest absolute Gasteiger partial charge is 0.480 e. The van der Waals surface area contributed by atoms with Crippen molar-refractivity contribution in [1.82, 2.24) is 30.6 Å². The molecule has 3 aliphatic heterocycles. The summed E-state index contributed by atoms with van der Waals surface area (Å²) in [5, 5.41) is 9.06. The van der Waals surface area contributed by atoms with Crippen molar-refractivity contribution >= 4 is 22.5 Å². The Morgan fingerprint density at radius 2 is 1.61 bits per heavy atom. The number of fused-ring (bicyclic) bond motifs is 5. The summed E-state index contributed by atoms with van der Waals surface area (Å²) in [5.74, 6) is 1.88. The van der Waals surface area contributed by atoms with Crippen LogP contribution in [-0.2, 0) is 6.42 Å². The zero-order valence-electron chi connectivity index (χ0n) is 25.8. The van der Waals surface area contributed by atoms with E-state index in [1.54, 1.807) is 0 Å². The fourth-order valence-electron chi connectivity index (χ4n) is 7.70. The van der Waals surface area contributed by atoms with Crippen LogP contribution in [0.3, 0.4) is 0 Å². The number of imidazole rings is 1. The lowest BCUT2D eigenvalue weighted by atomic mass is 9.91. The van der Waals surface area contributed by atoms with Crippen LogP contribution in [-0.4, -0.2) is 33.0 Å². The molecule has 0 spiro atoms. The molecule has 3 aromatic heterocycles. The number of nitrogens with zero attached hydrogens (tertiary/aromatic N) is 1. The van der Waals surface area contributed by atoms with E-state index >= 15 is 0 Å². The predicted molar refractivity (Wildman–Crippen MR) is 184 cm³/mol. The Hall–Kier alpha value is -4.30. The number of H-pyrrole nitrogens is 3. The van der Waals surface area contributed by atoms with Crippen molar-refractivity contribution in [3.63, 3.8) is 0 Å². The van der Waals surface area contributed by atoms with Gasteiger partial charge in [0.25, 0.3) is 0 Å². The van der Waals surface area contributed by atoms with Crippen LogP contribution < -0.4 is 15.4 Å². The van der Waals surface area contributed by atoms with Gasteiger partial charge in [-0.3, -0.25) is 0 Å². The van der Waals surface area contributed by atoms with Crippen LogP contribution in [0.15, 0.2) is 72.9 Å². The molecule has 0 radical (unpaired) electrons. The molecule has 7 nitrogen and oxygen atoms in total. The van der Waals surface area contributed by atoms with Crippen molar-refractivity contribution in [2.75, 3.05) is 13.1 Å². The number of aromatic amines is 3. The first-order chi connectivity index (χ1) is 22.6. The zero-order chi connectivity index (χ0) is 30.8. The second-order valence-corrected chi connectivity index (χ2v) is 13.3. The van der Waals surface area contributed by atoms with E-state index in [-0.39, 0.29) is 6.10 Å². The highest BCUT2D eigenvalue weighted by molar-refractivity contribution is 6.30. The number of ether oxygens (including phenoxy) is 1. The molecule has 5 N–H and O–H groups in total. The van der Waals surface area contributed by atoms with Crippen LogP contribution in [0.4, 0.5) is 0 Å². The Kier molecular flexibility index (Phi) is 6.81. The van der Waals surface area contributed by atoms with Gasteiger partial charge in [-0.05, 0) is 98.8 Å². The minimum absolute atomic E-state index is 0.298. The van der Waals surface area contributed by atoms with E-state index in [4.69, 9.17) is 21.3 Å². The standard InChI is InChI=1S/C38H37ClN6O/c1-2-21-18-31(44-35(21)29-5-3-15-40-29)24-9-13-26-33(19-24)46-37(22-7-11-25(39)12-8-22)34-27-17-23(10-14-28(27)43-36(26)34)32-20-42-38(45-32)30-6-4-16-41-30/h7-14,17-20,29-30,37,40-41,43-44H,2-6,15-16H2,1H3,(H,42,45). The minimum atomic E-state index is -0.299. The lowest BCUT2D eigenvalue weighted by molar-refractivity contribution is 0.245. The Labute approximate surface area is 273 Å². The summed E-state index contributed by atoms with van der Waals surface area (Å²) in [7, 11) is 0. The maximum Gasteiger partial charge on any atom is 0.152 e. The molecule has 0 amide bonds. The van der Waals surface area contributed by atoms with Crippen LogP contribution >= 0.6 is 11.6 Å². The van der Waals surface area contributed by atoms with E-state index in [2.05, 4.69) is 87.1 Å². The molecular weight excluding hydrogens is 592 g/mol. The average Bonchev–Trinajstić information content (AvgIpc) is 3.93. The molecule has 3 unspecified atom stereocenters. The molecule has 3 atom stereocenters. The number of hydrogen-bond donors (Lipinski definition) is 5. The molecule has 2 fully saturated rings. The van der Waals surface area contributed by atoms with Gasteiger partial charge in [0, 0.05) is 55.6 Å². The number of aromatic nitrogens is 4. The molecule has 232 valence electrons. The molecule has 0 aliphatic carbocycles. The number of rotatable bonds is 6. The number of hydrogen-bond acceptors (Lipinski definition) is 4. The van der Waals surface area contributed by atoms with Crippen LogP contribution in [0.2, 0.25) is 5.02 Å². The fraction of sp³-hybridized carbons (Fsp3) is 0.289. The molecule has 6 heterocycles. The molecular formula is C38H37ClN6O. The molecule has 46 heavy (non-hydrogen) atoms. The molecule has 0 saturated carbocycles. The van der Waals surface area contributed by atoms with E-state index in [0.717, 1.165) is 93.3 Å². The van der Waals surface area contributed by atoms with Crippen LogP contribution in [0.1, 0.15) is 79.0 Å². The van der Waals surface area contributed by atoms with Gasteiger partial charge in [-0.25, -0.2) is 4.98 Å². The first-order valence-electron chi connectivity index (χ1n) is 16.6. The average molecular weight is 629 g/mol. The highest BCUT2D eigenvalue weighted by atomic mass is 35.5. The van der Waals surface area contributed by atoms with Gasteiger partial charge in [0.15, 0.2) is 6.10 Å². The lowest BCUT2D eigenvalue weighted by Crippen LogP contribution is -2.15. The highest BCUT2D eigenvalue weighted by Crippen LogP contribution is 2.49. The maximum absolute atomic E-state index is 6.98. The van der Waals surface area contributed by atoms with Gasteiger partial charge in [0.05, 0.1) is 23.6 Å². The Morgan fingerprint density at radius 3 is 2.39 bits per heavy atom. The minimum Gasteiger partial charge on any atom is -0.480 e. The molecule has 3 aromatic carbocycles. The van der Waals surface area contributed by atoms with Gasteiger partial charge in [-0.2, -0.15) is 0 Å². The smallest absolute Gasteiger partial charge is 0.152 e. The monoisotopic (exact) mass is 628 g/mol. The third-order valence-corrected chi connectivity index (χ3v) is 10.4. The molecule has 9 rings (SSSR count). The summed E-state index contributed by atoms with van der Waals surface area (Å²) in [6.45, 7) is 4.36. The number of nitrogens with one attached hydrogen (secondary N) is 5. The highest BCUT2D eigenvalue weighted by Gasteiger charge is 2.32. The molecule has 6 aromatic rings. The van der Waals surface area contributed by atoms with Crippen molar-refractivity contribution in [3.8, 4) is 39.5 Å². The number of benzene rings is 3. The summed E-state index contributed by atoms with van der Waals surface area (Å²) in [6.07, 6.45) is 7.35. The quantitative estimate of drug-likeness (QED) is 0.127. The summed E-state index contributed by atoms with van der Waals surface area (Å²) < 4.78 is 6.98. The Morgan fingerprint density at radius 1 is 0.826 bits per heavy atom. The van der Waals surface area contributed by atoms with E-state index < -0.39 is 0 Å². The summed E-state index contributed by atoms with van der Waals surface area (Å²) >= 11 is 6.34. The lowest BCUT2D eigenvalue weighted by Gasteiger charge is -2.28. The van der Waals surface area contributed by atoms with E-state index in [1.807, 2.05) is 18.3 Å². The second kappa shape index (κ2) is 11.2. The molecule has 2 saturated heterocycles. The normalized spacial score (nSPS) is 20.6. The maximum atomic E-state index is 6.98. The molecule has 8 heteroatoms. The number of aryl methyl sites for hydroxylation is 1. The van der Waals surface area contributed by atoms with Gasteiger partial charge >= 0.3 is 0 Å². The van der Waals surface area contributed by atoms with Gasteiger partial charge in [0.1, 0.15) is 11.6 Å². The Bertz CT molecular complexity index is 2060. The zero-order valence-corrected chi connectivity index (χ0v) is 26.6. The van der Waals surface area contributed by atoms with Crippen molar-refractivity contribution in [1.29, 1.82) is 0 Å². The van der Waals surface area contributed by atoms with Gasteiger partial charge in [-0.15, -0.1) is 0 Å². The SMILES string of the molecule is CCc1cc(-c2ccc3c(c2)OC(c2ccc(Cl)cc2)c2c-3[nH]c3ccc(-c4cnc(C5CCCN5)[nH]4)cc23)[nH]c1C1CCCN1. The van der Waals surface area contributed by atoms with Crippen LogP contribution in [0, 0.1) is 0 Å². The summed E-state index contributed by atoms with van der Waals surface area (Å²) in [5.41, 5.74) is 12.5. The first kappa shape index (κ1) is 28.0. The van der Waals surface area contributed by atoms with Crippen molar-refractivity contribution in [3.05, 3.63) is 106 Å². The summed E-state index contributed by atoms with van der Waals surface area (Å²) in [6, 6.07) is 24.3.